The molecule has 5 heteroatoms. The van der Waals surface area contributed by atoms with Crippen molar-refractivity contribution in [2.75, 3.05) is 19.7 Å². The number of esters is 1. The fourth-order valence-electron chi connectivity index (χ4n) is 3.00. The van der Waals surface area contributed by atoms with Gasteiger partial charge in [-0.15, -0.1) is 0 Å². The van der Waals surface area contributed by atoms with E-state index in [-0.39, 0.29) is 12.0 Å². The highest BCUT2D eigenvalue weighted by Crippen LogP contribution is 2.28. The number of carbonyl (C=O) groups is 1. The summed E-state index contributed by atoms with van der Waals surface area (Å²) in [6.07, 6.45) is 3.12. The summed E-state index contributed by atoms with van der Waals surface area (Å²) >= 11 is 0. The first-order valence-electron chi connectivity index (χ1n) is 6.66. The van der Waals surface area contributed by atoms with E-state index >= 15 is 0 Å². The molecule has 0 bridgehead atoms. The van der Waals surface area contributed by atoms with Crippen molar-refractivity contribution in [3.05, 3.63) is 17.5 Å². The maximum absolute atomic E-state index is 11.6. The molecule has 2 fully saturated rings. The number of aromatic nitrogens is 2. The molecule has 2 unspecified atom stereocenters. The summed E-state index contributed by atoms with van der Waals surface area (Å²) < 4.78 is 5.06. The third-order valence-corrected chi connectivity index (χ3v) is 3.95. The van der Waals surface area contributed by atoms with Gasteiger partial charge in [0, 0.05) is 24.6 Å². The second-order valence-corrected chi connectivity index (χ2v) is 5.28. The third-order valence-electron chi connectivity index (χ3n) is 3.95. The van der Waals surface area contributed by atoms with Crippen LogP contribution in [-0.4, -0.2) is 46.8 Å². The van der Waals surface area contributed by atoms with E-state index in [1.807, 2.05) is 6.92 Å². The van der Waals surface area contributed by atoms with Gasteiger partial charge in [-0.3, -0.25) is 14.8 Å². The first-order chi connectivity index (χ1) is 8.74. The van der Waals surface area contributed by atoms with Crippen molar-refractivity contribution in [3.63, 3.8) is 0 Å². The highest BCUT2D eigenvalue weighted by atomic mass is 16.5. The van der Waals surface area contributed by atoms with Crippen LogP contribution in [-0.2, 0) is 9.53 Å². The zero-order valence-electron chi connectivity index (χ0n) is 10.7. The Morgan fingerprint density at radius 1 is 1.50 bits per heavy atom. The number of hydrogen-bond acceptors (Lipinski definition) is 4. The highest BCUT2D eigenvalue weighted by Gasteiger charge is 2.35. The molecule has 3 rings (SSSR count). The Hall–Kier alpha value is -1.36. The van der Waals surface area contributed by atoms with Gasteiger partial charge in [0.25, 0.3) is 0 Å². The quantitative estimate of drug-likeness (QED) is 0.800. The number of carbonyl (C=O) groups excluding carboxylic acids is 1. The van der Waals surface area contributed by atoms with Gasteiger partial charge >= 0.3 is 5.97 Å². The predicted octanol–water partition coefficient (Wildman–Crippen LogP) is 1.21. The fourth-order valence-corrected chi connectivity index (χ4v) is 3.00. The molecule has 98 valence electrons. The highest BCUT2D eigenvalue weighted by molar-refractivity contribution is 5.77. The van der Waals surface area contributed by atoms with Crippen LogP contribution in [0.1, 0.15) is 36.6 Å². The number of cyclic esters (lactones) is 1. The zero-order valence-corrected chi connectivity index (χ0v) is 10.7. The predicted molar refractivity (Wildman–Crippen MR) is 66.2 cm³/mol. The lowest BCUT2D eigenvalue weighted by Crippen LogP contribution is -2.44. The second-order valence-electron chi connectivity index (χ2n) is 5.28. The number of ether oxygens (including phenoxy) is 1. The largest absolute Gasteiger partial charge is 0.464 e. The Balaban J connectivity index is 1.70. The van der Waals surface area contributed by atoms with E-state index in [1.165, 1.54) is 0 Å². The molecule has 18 heavy (non-hydrogen) atoms. The minimum absolute atomic E-state index is 0.0205. The first kappa shape index (κ1) is 11.7. The first-order valence-corrected chi connectivity index (χ1v) is 6.66. The number of nitrogens with one attached hydrogen (secondary N) is 1. The maximum Gasteiger partial charge on any atom is 0.323 e. The van der Waals surface area contributed by atoms with Gasteiger partial charge in [0.15, 0.2) is 0 Å². The number of nitrogens with zero attached hydrogens (tertiary/aromatic N) is 2. The van der Waals surface area contributed by atoms with Crippen molar-refractivity contribution in [3.8, 4) is 0 Å². The number of hydrogen-bond donors (Lipinski definition) is 1. The molecule has 1 aromatic rings. The molecule has 0 saturated carbocycles. The van der Waals surface area contributed by atoms with Gasteiger partial charge < -0.3 is 4.74 Å². The molecule has 0 spiro atoms. The summed E-state index contributed by atoms with van der Waals surface area (Å²) in [6, 6.07) is 2.09. The number of aryl methyl sites for hydroxylation is 1. The van der Waals surface area contributed by atoms with E-state index in [1.54, 1.807) is 0 Å². The van der Waals surface area contributed by atoms with Crippen LogP contribution < -0.4 is 0 Å². The Labute approximate surface area is 107 Å². The molecule has 0 aromatic carbocycles. The van der Waals surface area contributed by atoms with E-state index in [4.69, 9.17) is 4.74 Å². The average Bonchev–Trinajstić information content (AvgIpc) is 2.98. The molecule has 1 N–H and O–H groups in total. The van der Waals surface area contributed by atoms with Crippen molar-refractivity contribution in [2.24, 2.45) is 0 Å². The molecule has 2 atom stereocenters. The molecular formula is C13H19N3O2. The third kappa shape index (κ3) is 2.14. The average molecular weight is 249 g/mol. The molecule has 2 saturated heterocycles. The number of rotatable bonds is 2. The topological polar surface area (TPSA) is 58.2 Å². The standard InChI is InChI=1S/C13H19N3O2/c1-9-7-11(15-14-9)10-3-2-5-16(8-10)12-4-6-18-13(12)17/h7,10,12H,2-6,8H2,1H3,(H,14,15). The molecular weight excluding hydrogens is 230 g/mol. The Kier molecular flexibility index (Phi) is 3.07. The summed E-state index contributed by atoms with van der Waals surface area (Å²) in [6.45, 7) is 4.52. The normalized spacial score (nSPS) is 29.5. The minimum atomic E-state index is -0.0474. The SMILES string of the molecule is Cc1cc(C2CCCN(C3CCOC3=O)C2)n[nH]1. The van der Waals surface area contributed by atoms with Crippen LogP contribution in [0.25, 0.3) is 0 Å². The van der Waals surface area contributed by atoms with Gasteiger partial charge in [0.05, 0.1) is 12.3 Å². The summed E-state index contributed by atoms with van der Waals surface area (Å²) in [5.74, 6) is 0.394. The molecule has 0 aliphatic carbocycles. The molecule has 0 amide bonds. The lowest BCUT2D eigenvalue weighted by atomic mass is 9.93. The number of aromatic amines is 1. The van der Waals surface area contributed by atoms with Gasteiger partial charge in [-0.05, 0) is 32.4 Å². The van der Waals surface area contributed by atoms with E-state index in [9.17, 15) is 4.79 Å². The van der Waals surface area contributed by atoms with E-state index in [0.717, 1.165) is 43.7 Å². The Bertz CT molecular complexity index is 443. The van der Waals surface area contributed by atoms with Crippen LogP contribution in [0, 0.1) is 6.92 Å². The number of H-pyrrole nitrogens is 1. The lowest BCUT2D eigenvalue weighted by molar-refractivity contribution is -0.142. The number of piperidine rings is 1. The van der Waals surface area contributed by atoms with Crippen LogP contribution in [0.2, 0.25) is 0 Å². The van der Waals surface area contributed by atoms with Crippen LogP contribution >= 0.6 is 0 Å². The van der Waals surface area contributed by atoms with Gasteiger partial charge in [-0.2, -0.15) is 5.10 Å². The van der Waals surface area contributed by atoms with Gasteiger partial charge in [0.1, 0.15) is 6.04 Å². The van der Waals surface area contributed by atoms with Crippen molar-refractivity contribution in [1.29, 1.82) is 0 Å². The lowest BCUT2D eigenvalue weighted by Gasteiger charge is -2.34. The minimum Gasteiger partial charge on any atom is -0.464 e. The Morgan fingerprint density at radius 2 is 2.39 bits per heavy atom. The van der Waals surface area contributed by atoms with Crippen LogP contribution in [0.15, 0.2) is 6.07 Å². The molecule has 0 radical (unpaired) electrons. The van der Waals surface area contributed by atoms with E-state index < -0.39 is 0 Å². The summed E-state index contributed by atoms with van der Waals surface area (Å²) in [5.41, 5.74) is 2.23. The van der Waals surface area contributed by atoms with Gasteiger partial charge in [-0.25, -0.2) is 0 Å². The van der Waals surface area contributed by atoms with Crippen LogP contribution in [0.4, 0.5) is 0 Å². The number of likely N-dealkylation sites (tertiary alicyclic amines) is 1. The Morgan fingerprint density at radius 3 is 3.06 bits per heavy atom. The molecule has 5 nitrogen and oxygen atoms in total. The fraction of sp³-hybridized carbons (Fsp3) is 0.692. The summed E-state index contributed by atoms with van der Waals surface area (Å²) in [4.78, 5) is 13.9. The van der Waals surface area contributed by atoms with Crippen molar-refractivity contribution in [1.82, 2.24) is 15.1 Å². The van der Waals surface area contributed by atoms with E-state index in [0.29, 0.717) is 12.5 Å². The molecule has 2 aliphatic heterocycles. The monoisotopic (exact) mass is 249 g/mol. The van der Waals surface area contributed by atoms with Crippen molar-refractivity contribution < 1.29 is 9.53 Å². The smallest absolute Gasteiger partial charge is 0.323 e. The van der Waals surface area contributed by atoms with Crippen molar-refractivity contribution in [2.45, 2.75) is 38.1 Å². The molecule has 3 heterocycles. The summed E-state index contributed by atoms with van der Waals surface area (Å²) in [5, 5.41) is 7.35. The zero-order chi connectivity index (χ0) is 12.5. The van der Waals surface area contributed by atoms with Gasteiger partial charge in [-0.1, -0.05) is 0 Å². The second kappa shape index (κ2) is 4.72. The van der Waals surface area contributed by atoms with E-state index in [2.05, 4.69) is 21.2 Å². The van der Waals surface area contributed by atoms with Crippen LogP contribution in [0.5, 0.6) is 0 Å². The molecule has 1 aromatic heterocycles. The summed E-state index contributed by atoms with van der Waals surface area (Å²) in [7, 11) is 0. The van der Waals surface area contributed by atoms with Crippen LogP contribution in [0.3, 0.4) is 0 Å². The van der Waals surface area contributed by atoms with Gasteiger partial charge in [0.2, 0.25) is 0 Å². The molecule has 2 aliphatic rings. The maximum atomic E-state index is 11.6. The van der Waals surface area contributed by atoms with Crippen molar-refractivity contribution >= 4 is 5.97 Å².